The zero-order valence-corrected chi connectivity index (χ0v) is 16.4. The lowest BCUT2D eigenvalue weighted by molar-refractivity contribution is 0.0938. The van der Waals surface area contributed by atoms with Gasteiger partial charge < -0.3 is 5.32 Å². The van der Waals surface area contributed by atoms with Crippen LogP contribution < -0.4 is 5.32 Å². The van der Waals surface area contributed by atoms with Gasteiger partial charge in [-0.15, -0.1) is 11.3 Å². The summed E-state index contributed by atoms with van der Waals surface area (Å²) < 4.78 is 0. The molecule has 0 fully saturated rings. The average molecular weight is 391 g/mol. The first-order valence-corrected chi connectivity index (χ1v) is 10.4. The van der Waals surface area contributed by atoms with Gasteiger partial charge in [-0.05, 0) is 29.5 Å². The van der Waals surface area contributed by atoms with E-state index in [-0.39, 0.29) is 11.9 Å². The Balaban J connectivity index is 1.61. The summed E-state index contributed by atoms with van der Waals surface area (Å²) in [6.45, 7) is 2.06. The van der Waals surface area contributed by atoms with E-state index in [0.717, 1.165) is 21.7 Å². The number of benzene rings is 2. The van der Waals surface area contributed by atoms with Gasteiger partial charge >= 0.3 is 0 Å². The fraction of sp³-hybridized carbons (Fsp3) is 0.0909. The van der Waals surface area contributed by atoms with Crippen molar-refractivity contribution in [3.63, 3.8) is 0 Å². The molecule has 3 nitrogen and oxygen atoms in total. The minimum Gasteiger partial charge on any atom is -0.340 e. The average Bonchev–Trinajstić information content (AvgIpc) is 3.39. The molecule has 1 atom stereocenters. The molecule has 27 heavy (non-hydrogen) atoms. The lowest BCUT2D eigenvalue weighted by Crippen LogP contribution is -2.29. The van der Waals surface area contributed by atoms with Gasteiger partial charge in [0.1, 0.15) is 10.7 Å². The van der Waals surface area contributed by atoms with Crippen molar-refractivity contribution in [3.05, 3.63) is 99.2 Å². The van der Waals surface area contributed by atoms with E-state index < -0.39 is 0 Å². The van der Waals surface area contributed by atoms with Gasteiger partial charge in [0, 0.05) is 16.3 Å². The maximum atomic E-state index is 12.9. The summed E-state index contributed by atoms with van der Waals surface area (Å²) in [5.41, 5.74) is 4.80. The Morgan fingerprint density at radius 1 is 0.963 bits per heavy atom. The zero-order valence-electron chi connectivity index (χ0n) is 14.8. The van der Waals surface area contributed by atoms with Gasteiger partial charge in [0.2, 0.25) is 0 Å². The molecule has 2 aromatic heterocycles. The van der Waals surface area contributed by atoms with Crippen LogP contribution in [0, 0.1) is 6.92 Å². The van der Waals surface area contributed by atoms with Crippen LogP contribution in [0.1, 0.15) is 33.2 Å². The molecule has 0 aliphatic carbocycles. The lowest BCUT2D eigenvalue weighted by atomic mass is 9.97. The molecule has 2 heterocycles. The standard InChI is InChI=1S/C22H18N2OS2/c1-15-7-9-17(10-8-15)20(16-5-3-2-4-6-16)24-21(25)19-14-27-22(23-19)18-11-12-26-13-18/h2-14,20H,1H3,(H,24,25). The monoisotopic (exact) mass is 390 g/mol. The number of thiophene rings is 1. The predicted molar refractivity (Wildman–Crippen MR) is 112 cm³/mol. The van der Waals surface area contributed by atoms with Gasteiger partial charge in [0.15, 0.2) is 0 Å². The van der Waals surface area contributed by atoms with Gasteiger partial charge in [0.25, 0.3) is 5.91 Å². The van der Waals surface area contributed by atoms with Crippen LogP contribution in [-0.4, -0.2) is 10.9 Å². The molecule has 4 aromatic rings. The minimum absolute atomic E-state index is 0.165. The van der Waals surface area contributed by atoms with Crippen molar-refractivity contribution in [2.45, 2.75) is 13.0 Å². The molecule has 0 bridgehead atoms. The van der Waals surface area contributed by atoms with E-state index in [1.54, 1.807) is 11.3 Å². The minimum atomic E-state index is -0.217. The lowest BCUT2D eigenvalue weighted by Gasteiger charge is -2.19. The van der Waals surface area contributed by atoms with Gasteiger partial charge in [-0.3, -0.25) is 4.79 Å². The maximum Gasteiger partial charge on any atom is 0.271 e. The van der Waals surface area contributed by atoms with Crippen molar-refractivity contribution in [3.8, 4) is 10.6 Å². The molecule has 5 heteroatoms. The Morgan fingerprint density at radius 3 is 2.41 bits per heavy atom. The molecule has 0 saturated carbocycles. The first-order valence-electron chi connectivity index (χ1n) is 8.61. The zero-order chi connectivity index (χ0) is 18.6. The Hall–Kier alpha value is -2.76. The third-order valence-corrected chi connectivity index (χ3v) is 5.90. The van der Waals surface area contributed by atoms with E-state index in [1.807, 2.05) is 52.5 Å². The third-order valence-electron chi connectivity index (χ3n) is 4.32. The number of amides is 1. The number of hydrogen-bond acceptors (Lipinski definition) is 4. The van der Waals surface area contributed by atoms with Crippen LogP contribution in [0.4, 0.5) is 0 Å². The molecule has 134 valence electrons. The number of aromatic nitrogens is 1. The molecule has 0 saturated heterocycles. The number of carbonyl (C=O) groups excluding carboxylic acids is 1. The predicted octanol–water partition coefficient (Wildman–Crippen LogP) is 5.70. The Morgan fingerprint density at radius 2 is 1.70 bits per heavy atom. The van der Waals surface area contributed by atoms with Crippen LogP contribution in [0.25, 0.3) is 10.6 Å². The van der Waals surface area contributed by atoms with Crippen LogP contribution in [0.3, 0.4) is 0 Å². The van der Waals surface area contributed by atoms with Gasteiger partial charge in [-0.25, -0.2) is 4.98 Å². The highest BCUT2D eigenvalue weighted by atomic mass is 32.1. The summed E-state index contributed by atoms with van der Waals surface area (Å²) in [6, 6.07) is 20.1. The quantitative estimate of drug-likeness (QED) is 0.475. The van der Waals surface area contributed by atoms with Crippen molar-refractivity contribution in [1.29, 1.82) is 0 Å². The molecule has 0 spiro atoms. The second-order valence-electron chi connectivity index (χ2n) is 6.28. The van der Waals surface area contributed by atoms with Crippen molar-refractivity contribution in [1.82, 2.24) is 10.3 Å². The number of nitrogens with zero attached hydrogens (tertiary/aromatic N) is 1. The van der Waals surface area contributed by atoms with E-state index >= 15 is 0 Å². The molecular formula is C22H18N2OS2. The van der Waals surface area contributed by atoms with Crippen LogP contribution in [0.2, 0.25) is 0 Å². The summed E-state index contributed by atoms with van der Waals surface area (Å²) in [5.74, 6) is -0.165. The smallest absolute Gasteiger partial charge is 0.271 e. The first-order chi connectivity index (χ1) is 13.2. The topological polar surface area (TPSA) is 42.0 Å². The van der Waals surface area contributed by atoms with Crippen LogP contribution in [-0.2, 0) is 0 Å². The van der Waals surface area contributed by atoms with Gasteiger partial charge in [0.05, 0.1) is 6.04 Å². The molecule has 0 radical (unpaired) electrons. The first kappa shape index (κ1) is 17.6. The second-order valence-corrected chi connectivity index (χ2v) is 7.92. The fourth-order valence-electron chi connectivity index (χ4n) is 2.87. The number of carbonyl (C=O) groups is 1. The molecule has 0 aliphatic heterocycles. The summed E-state index contributed by atoms with van der Waals surface area (Å²) in [5, 5.41) is 9.89. The summed E-state index contributed by atoms with van der Waals surface area (Å²) in [4.78, 5) is 17.4. The van der Waals surface area contributed by atoms with Gasteiger partial charge in [-0.1, -0.05) is 60.2 Å². The highest BCUT2D eigenvalue weighted by molar-refractivity contribution is 7.14. The van der Waals surface area contributed by atoms with E-state index in [9.17, 15) is 4.79 Å². The van der Waals surface area contributed by atoms with Crippen molar-refractivity contribution in [2.75, 3.05) is 0 Å². The molecule has 1 amide bonds. The number of thiazole rings is 1. The van der Waals surface area contributed by atoms with E-state index in [0.29, 0.717) is 5.69 Å². The maximum absolute atomic E-state index is 12.9. The van der Waals surface area contributed by atoms with Crippen molar-refractivity contribution < 1.29 is 4.79 Å². The number of rotatable bonds is 5. The SMILES string of the molecule is Cc1ccc(C(NC(=O)c2csc(-c3ccsc3)n2)c2ccccc2)cc1. The molecular weight excluding hydrogens is 372 g/mol. The Bertz CT molecular complexity index is 1020. The van der Waals surface area contributed by atoms with Crippen LogP contribution >= 0.6 is 22.7 Å². The van der Waals surface area contributed by atoms with Crippen molar-refractivity contribution >= 4 is 28.6 Å². The van der Waals surface area contributed by atoms with E-state index in [2.05, 4.69) is 41.5 Å². The highest BCUT2D eigenvalue weighted by Crippen LogP contribution is 2.27. The molecule has 4 rings (SSSR count). The summed E-state index contributed by atoms with van der Waals surface area (Å²) in [7, 11) is 0. The third kappa shape index (κ3) is 3.99. The molecule has 1 N–H and O–H groups in total. The van der Waals surface area contributed by atoms with Gasteiger partial charge in [-0.2, -0.15) is 11.3 Å². The normalized spacial score (nSPS) is 11.9. The van der Waals surface area contributed by atoms with Crippen molar-refractivity contribution in [2.24, 2.45) is 0 Å². The molecule has 1 unspecified atom stereocenters. The molecule has 2 aromatic carbocycles. The molecule has 0 aliphatic rings. The van der Waals surface area contributed by atoms with E-state index in [1.165, 1.54) is 16.9 Å². The second kappa shape index (κ2) is 7.86. The highest BCUT2D eigenvalue weighted by Gasteiger charge is 2.19. The number of aryl methyl sites for hydroxylation is 1. The van der Waals surface area contributed by atoms with Crippen LogP contribution in [0.15, 0.2) is 76.8 Å². The number of hydrogen-bond donors (Lipinski definition) is 1. The largest absolute Gasteiger partial charge is 0.340 e. The Kier molecular flexibility index (Phi) is 5.14. The number of nitrogens with one attached hydrogen (secondary N) is 1. The van der Waals surface area contributed by atoms with E-state index in [4.69, 9.17) is 0 Å². The summed E-state index contributed by atoms with van der Waals surface area (Å²) >= 11 is 3.12. The Labute approximate surface area is 166 Å². The van der Waals surface area contributed by atoms with Crippen LogP contribution in [0.5, 0.6) is 0 Å². The fourth-order valence-corrected chi connectivity index (χ4v) is 4.38. The summed E-state index contributed by atoms with van der Waals surface area (Å²) in [6.07, 6.45) is 0.